The van der Waals surface area contributed by atoms with Crippen molar-refractivity contribution < 1.29 is 19.7 Å². The molecule has 0 aliphatic heterocycles. The first-order valence-corrected chi connectivity index (χ1v) is 4.57. The molecule has 0 heterocycles. The fourth-order valence-electron chi connectivity index (χ4n) is 1.35. The number of aryl methyl sites for hydroxylation is 1. The summed E-state index contributed by atoms with van der Waals surface area (Å²) in [5.74, 6) is -1.16. The molecule has 4 heteroatoms. The Morgan fingerprint density at radius 2 is 2.07 bits per heavy atom. The van der Waals surface area contributed by atoms with Crippen molar-refractivity contribution in [3.05, 3.63) is 23.3 Å². The van der Waals surface area contributed by atoms with Crippen molar-refractivity contribution >= 4 is 5.97 Å². The summed E-state index contributed by atoms with van der Waals surface area (Å²) in [6, 6.07) is 3.20. The minimum Gasteiger partial charge on any atom is -0.507 e. The second kappa shape index (κ2) is 4.21. The minimum atomic E-state index is -0.974. The summed E-state index contributed by atoms with van der Waals surface area (Å²) in [5.41, 5.74) is 0.983. The topological polar surface area (TPSA) is 66.8 Å². The van der Waals surface area contributed by atoms with Gasteiger partial charge in [0, 0.05) is 5.56 Å². The Morgan fingerprint density at radius 3 is 2.53 bits per heavy atom. The molecular weight excluding hydrogens is 196 g/mol. The molecule has 0 aliphatic carbocycles. The summed E-state index contributed by atoms with van der Waals surface area (Å²) in [6.45, 7) is 3.23. The maximum absolute atomic E-state index is 10.8. The van der Waals surface area contributed by atoms with E-state index in [2.05, 4.69) is 0 Å². The van der Waals surface area contributed by atoms with Crippen LogP contribution in [0.4, 0.5) is 0 Å². The lowest BCUT2D eigenvalue weighted by Crippen LogP contribution is -2.08. The predicted molar refractivity (Wildman–Crippen MR) is 55.4 cm³/mol. The monoisotopic (exact) mass is 210 g/mol. The van der Waals surface area contributed by atoms with Crippen LogP contribution in [0.1, 0.15) is 24.0 Å². The molecule has 82 valence electrons. The van der Waals surface area contributed by atoms with Gasteiger partial charge in [0.15, 0.2) is 0 Å². The van der Waals surface area contributed by atoms with Gasteiger partial charge < -0.3 is 14.9 Å². The van der Waals surface area contributed by atoms with Gasteiger partial charge in [0.2, 0.25) is 0 Å². The molecule has 0 amide bonds. The molecular formula is C11H14O4. The van der Waals surface area contributed by atoms with Gasteiger partial charge in [-0.1, -0.05) is 0 Å². The lowest BCUT2D eigenvalue weighted by molar-refractivity contribution is -0.138. The van der Waals surface area contributed by atoms with Crippen LogP contribution in [0.15, 0.2) is 12.1 Å². The van der Waals surface area contributed by atoms with Crippen LogP contribution >= 0.6 is 0 Å². The highest BCUT2D eigenvalue weighted by molar-refractivity contribution is 5.77. The molecule has 1 aromatic carbocycles. The molecule has 0 aromatic heterocycles. The normalized spacial score (nSPS) is 12.2. The average Bonchev–Trinajstić information content (AvgIpc) is 2.20. The highest BCUT2D eigenvalue weighted by atomic mass is 16.5. The highest BCUT2D eigenvalue weighted by Crippen LogP contribution is 2.33. The van der Waals surface area contributed by atoms with Crippen molar-refractivity contribution in [3.8, 4) is 11.5 Å². The number of rotatable bonds is 3. The minimum absolute atomic E-state index is 0.0192. The van der Waals surface area contributed by atoms with Crippen molar-refractivity contribution in [1.82, 2.24) is 0 Å². The average molecular weight is 210 g/mol. The van der Waals surface area contributed by atoms with Crippen molar-refractivity contribution in [3.63, 3.8) is 0 Å². The molecule has 0 spiro atoms. The third-order valence-electron chi connectivity index (χ3n) is 2.38. The molecule has 0 bridgehead atoms. The van der Waals surface area contributed by atoms with Crippen LogP contribution in [-0.4, -0.2) is 23.3 Å². The standard InChI is InChI=1S/C11H14O4/c1-6-4-8(15-3)5-9(10(6)12)7(2)11(13)14/h4-5,7,12H,1-3H3,(H,13,14). The molecule has 15 heavy (non-hydrogen) atoms. The Balaban J connectivity index is 3.27. The van der Waals surface area contributed by atoms with Crippen LogP contribution in [0.3, 0.4) is 0 Å². The van der Waals surface area contributed by atoms with E-state index < -0.39 is 11.9 Å². The summed E-state index contributed by atoms with van der Waals surface area (Å²) in [4.78, 5) is 10.8. The number of carboxylic acid groups (broad SMARTS) is 1. The fourth-order valence-corrected chi connectivity index (χ4v) is 1.35. The smallest absolute Gasteiger partial charge is 0.310 e. The Kier molecular flexibility index (Phi) is 3.19. The van der Waals surface area contributed by atoms with Crippen LogP contribution in [0.5, 0.6) is 11.5 Å². The van der Waals surface area contributed by atoms with Gasteiger partial charge in [0.1, 0.15) is 11.5 Å². The summed E-state index contributed by atoms with van der Waals surface area (Å²) >= 11 is 0. The molecule has 1 atom stereocenters. The van der Waals surface area contributed by atoms with Gasteiger partial charge in [-0.15, -0.1) is 0 Å². The van der Waals surface area contributed by atoms with E-state index >= 15 is 0 Å². The molecule has 0 saturated carbocycles. The van der Waals surface area contributed by atoms with E-state index in [0.29, 0.717) is 16.9 Å². The van der Waals surface area contributed by atoms with Crippen molar-refractivity contribution in [2.45, 2.75) is 19.8 Å². The Morgan fingerprint density at radius 1 is 1.47 bits per heavy atom. The van der Waals surface area contributed by atoms with Gasteiger partial charge >= 0.3 is 5.97 Å². The number of carboxylic acids is 1. The number of benzene rings is 1. The van der Waals surface area contributed by atoms with Gasteiger partial charge in [0.25, 0.3) is 0 Å². The molecule has 2 N–H and O–H groups in total. The van der Waals surface area contributed by atoms with Crippen LogP contribution in [-0.2, 0) is 4.79 Å². The Labute approximate surface area is 88.1 Å². The van der Waals surface area contributed by atoms with Gasteiger partial charge in [-0.2, -0.15) is 0 Å². The molecule has 0 aliphatic rings. The van der Waals surface area contributed by atoms with Gasteiger partial charge in [-0.25, -0.2) is 0 Å². The van der Waals surface area contributed by atoms with Crippen molar-refractivity contribution in [2.75, 3.05) is 7.11 Å². The lowest BCUT2D eigenvalue weighted by Gasteiger charge is -2.13. The Bertz CT molecular complexity index is 384. The molecule has 0 saturated heterocycles. The Hall–Kier alpha value is -1.71. The SMILES string of the molecule is COc1cc(C)c(O)c(C(C)C(=O)O)c1. The number of carbonyl (C=O) groups is 1. The number of ether oxygens (including phenoxy) is 1. The van der Waals surface area contributed by atoms with Crippen molar-refractivity contribution in [2.24, 2.45) is 0 Å². The van der Waals surface area contributed by atoms with Crippen LogP contribution in [0.2, 0.25) is 0 Å². The summed E-state index contributed by atoms with van der Waals surface area (Å²) < 4.78 is 5.02. The first-order valence-electron chi connectivity index (χ1n) is 4.57. The molecule has 0 fully saturated rings. The summed E-state index contributed by atoms with van der Waals surface area (Å²) in [5, 5.41) is 18.6. The van der Waals surface area contributed by atoms with Gasteiger partial charge in [-0.3, -0.25) is 4.79 Å². The predicted octanol–water partition coefficient (Wildman–Crippen LogP) is 1.90. The number of hydrogen-bond donors (Lipinski definition) is 2. The lowest BCUT2D eigenvalue weighted by atomic mass is 9.97. The van der Waals surface area contributed by atoms with E-state index in [-0.39, 0.29) is 5.75 Å². The van der Waals surface area contributed by atoms with Crippen LogP contribution < -0.4 is 4.74 Å². The molecule has 1 aromatic rings. The number of methoxy groups -OCH3 is 1. The second-order valence-electron chi connectivity index (χ2n) is 3.44. The molecule has 4 nitrogen and oxygen atoms in total. The first kappa shape index (κ1) is 11.4. The second-order valence-corrected chi connectivity index (χ2v) is 3.44. The highest BCUT2D eigenvalue weighted by Gasteiger charge is 2.19. The van der Waals surface area contributed by atoms with E-state index in [9.17, 15) is 9.90 Å². The van der Waals surface area contributed by atoms with Crippen LogP contribution in [0.25, 0.3) is 0 Å². The first-order chi connectivity index (χ1) is 6.97. The summed E-state index contributed by atoms with van der Waals surface area (Å²) in [7, 11) is 1.50. The zero-order valence-electron chi connectivity index (χ0n) is 8.94. The quantitative estimate of drug-likeness (QED) is 0.799. The number of aromatic hydroxyl groups is 1. The van der Waals surface area contributed by atoms with E-state index in [1.165, 1.54) is 14.0 Å². The third kappa shape index (κ3) is 2.21. The van der Waals surface area contributed by atoms with E-state index in [1.54, 1.807) is 19.1 Å². The zero-order chi connectivity index (χ0) is 11.6. The number of aliphatic carboxylic acids is 1. The summed E-state index contributed by atoms with van der Waals surface area (Å²) in [6.07, 6.45) is 0. The molecule has 1 rings (SSSR count). The third-order valence-corrected chi connectivity index (χ3v) is 2.38. The largest absolute Gasteiger partial charge is 0.507 e. The fraction of sp³-hybridized carbons (Fsp3) is 0.364. The van der Waals surface area contributed by atoms with Gasteiger partial charge in [-0.05, 0) is 31.5 Å². The van der Waals surface area contributed by atoms with E-state index in [1.807, 2.05) is 0 Å². The molecule has 1 unspecified atom stereocenters. The number of phenols is 1. The maximum atomic E-state index is 10.8. The van der Waals surface area contributed by atoms with Crippen LogP contribution in [0, 0.1) is 6.92 Å². The zero-order valence-corrected chi connectivity index (χ0v) is 8.94. The van der Waals surface area contributed by atoms with E-state index in [4.69, 9.17) is 9.84 Å². The van der Waals surface area contributed by atoms with E-state index in [0.717, 1.165) is 0 Å². The van der Waals surface area contributed by atoms with Crippen molar-refractivity contribution in [1.29, 1.82) is 0 Å². The van der Waals surface area contributed by atoms with Gasteiger partial charge in [0.05, 0.1) is 13.0 Å². The number of hydrogen-bond acceptors (Lipinski definition) is 3. The number of phenolic OH excluding ortho intramolecular Hbond substituents is 1. The maximum Gasteiger partial charge on any atom is 0.310 e. The molecule has 0 radical (unpaired) electrons.